The van der Waals surface area contributed by atoms with Crippen molar-refractivity contribution in [2.45, 2.75) is 52.1 Å². The highest BCUT2D eigenvalue weighted by Gasteiger charge is 2.24. The zero-order valence-electron chi connectivity index (χ0n) is 16.5. The molecule has 0 saturated heterocycles. The number of thiophene rings is 1. The summed E-state index contributed by atoms with van der Waals surface area (Å²) in [5.74, 6) is -0.0932. The van der Waals surface area contributed by atoms with Gasteiger partial charge in [-0.05, 0) is 81.1 Å². The molecule has 8 heteroatoms. The van der Waals surface area contributed by atoms with Crippen LogP contribution in [0.15, 0.2) is 24.3 Å². The van der Waals surface area contributed by atoms with E-state index in [4.69, 9.17) is 22.7 Å². The first-order chi connectivity index (χ1) is 13.9. The third-order valence-electron chi connectivity index (χ3n) is 4.90. The van der Waals surface area contributed by atoms with Gasteiger partial charge in [0.05, 0.1) is 11.7 Å². The number of benzene rings is 1. The zero-order chi connectivity index (χ0) is 21.0. The quantitative estimate of drug-likeness (QED) is 0.601. The van der Waals surface area contributed by atoms with E-state index in [0.29, 0.717) is 21.9 Å². The van der Waals surface area contributed by atoms with Gasteiger partial charge in [-0.1, -0.05) is 6.92 Å². The van der Waals surface area contributed by atoms with Gasteiger partial charge in [0.2, 0.25) is 0 Å². The number of carbonyl (C=O) groups excluding carboxylic acids is 2. The molecule has 154 valence electrons. The number of nitrogens with two attached hydrogens (primary N) is 1. The van der Waals surface area contributed by atoms with Gasteiger partial charge in [0, 0.05) is 10.4 Å². The standard InChI is InChI=1S/C21H25N3O3S2/c1-3-12(2)27-14-10-8-13(9-11-14)19(26)23-21(28)24-20-17(18(22)25)15-6-4-5-7-16(15)29-20/h8-12H,3-7H2,1-2H3,(H2,22,25)(H2,23,24,26,28)/t12-/m1/s1. The van der Waals surface area contributed by atoms with Gasteiger partial charge in [-0.25, -0.2) is 0 Å². The third-order valence-corrected chi connectivity index (χ3v) is 6.31. The van der Waals surface area contributed by atoms with Gasteiger partial charge in [0.15, 0.2) is 5.11 Å². The second-order valence-electron chi connectivity index (χ2n) is 7.05. The molecular weight excluding hydrogens is 406 g/mol. The van der Waals surface area contributed by atoms with E-state index in [1.807, 2.05) is 13.8 Å². The van der Waals surface area contributed by atoms with Gasteiger partial charge in [0.25, 0.3) is 11.8 Å². The Hall–Kier alpha value is -2.45. The van der Waals surface area contributed by atoms with Crippen LogP contribution < -0.4 is 21.1 Å². The van der Waals surface area contributed by atoms with E-state index >= 15 is 0 Å². The van der Waals surface area contributed by atoms with E-state index < -0.39 is 5.91 Å². The molecule has 4 N–H and O–H groups in total. The minimum atomic E-state index is -0.474. The molecular formula is C21H25N3O3S2. The number of rotatable bonds is 6. The second kappa shape index (κ2) is 9.37. The van der Waals surface area contributed by atoms with Crippen molar-refractivity contribution in [2.75, 3.05) is 5.32 Å². The van der Waals surface area contributed by atoms with E-state index in [-0.39, 0.29) is 17.1 Å². The number of hydrogen-bond donors (Lipinski definition) is 3. The van der Waals surface area contributed by atoms with Crippen LogP contribution in [0.25, 0.3) is 0 Å². The molecule has 1 aliphatic carbocycles. The van der Waals surface area contributed by atoms with Crippen LogP contribution in [0.3, 0.4) is 0 Å². The first-order valence-electron chi connectivity index (χ1n) is 9.72. The third kappa shape index (κ3) is 5.13. The number of ether oxygens (including phenoxy) is 1. The van der Waals surface area contributed by atoms with Gasteiger partial charge >= 0.3 is 0 Å². The van der Waals surface area contributed by atoms with E-state index in [2.05, 4.69) is 10.6 Å². The fraction of sp³-hybridized carbons (Fsp3) is 0.381. The fourth-order valence-electron chi connectivity index (χ4n) is 3.22. The number of amides is 2. The lowest BCUT2D eigenvalue weighted by molar-refractivity contribution is 0.0975. The maximum Gasteiger partial charge on any atom is 0.257 e. The van der Waals surface area contributed by atoms with Gasteiger partial charge < -0.3 is 15.8 Å². The lowest BCUT2D eigenvalue weighted by atomic mass is 9.95. The van der Waals surface area contributed by atoms with Crippen molar-refractivity contribution in [1.82, 2.24) is 5.32 Å². The molecule has 0 radical (unpaired) electrons. The maximum absolute atomic E-state index is 12.5. The van der Waals surface area contributed by atoms with E-state index in [1.54, 1.807) is 24.3 Å². The summed E-state index contributed by atoms with van der Waals surface area (Å²) < 4.78 is 5.72. The SMILES string of the molecule is CC[C@@H](C)Oc1ccc(C(=O)NC(=S)Nc2sc3c(c2C(N)=O)CCCC3)cc1. The Bertz CT molecular complexity index is 922. The number of anilines is 1. The topological polar surface area (TPSA) is 93.4 Å². The number of thiocarbonyl (C=S) groups is 1. The molecule has 29 heavy (non-hydrogen) atoms. The molecule has 0 aliphatic heterocycles. The smallest absolute Gasteiger partial charge is 0.257 e. The zero-order valence-corrected chi connectivity index (χ0v) is 18.2. The molecule has 0 spiro atoms. The number of carbonyl (C=O) groups is 2. The lowest BCUT2D eigenvalue weighted by Gasteiger charge is -2.13. The lowest BCUT2D eigenvalue weighted by Crippen LogP contribution is -2.34. The summed E-state index contributed by atoms with van der Waals surface area (Å²) >= 11 is 6.77. The number of primary amides is 1. The fourth-order valence-corrected chi connectivity index (χ4v) is 4.78. The van der Waals surface area contributed by atoms with Gasteiger partial charge in [-0.15, -0.1) is 11.3 Å². The van der Waals surface area contributed by atoms with Crippen molar-refractivity contribution in [3.63, 3.8) is 0 Å². The summed E-state index contributed by atoms with van der Waals surface area (Å²) in [5.41, 5.74) is 7.57. The number of hydrogen-bond acceptors (Lipinski definition) is 5. The van der Waals surface area contributed by atoms with Crippen molar-refractivity contribution in [3.05, 3.63) is 45.8 Å². The molecule has 1 atom stereocenters. The van der Waals surface area contributed by atoms with Crippen LogP contribution in [0.4, 0.5) is 5.00 Å². The first kappa shape index (κ1) is 21.3. The Balaban J connectivity index is 1.66. The number of nitrogens with one attached hydrogen (secondary N) is 2. The average Bonchev–Trinajstić information content (AvgIpc) is 3.06. The van der Waals surface area contributed by atoms with Crippen LogP contribution in [0.1, 0.15) is 64.3 Å². The van der Waals surface area contributed by atoms with E-state index in [9.17, 15) is 9.59 Å². The molecule has 2 amide bonds. The highest BCUT2D eigenvalue weighted by molar-refractivity contribution is 7.80. The summed E-state index contributed by atoms with van der Waals surface area (Å²) in [5, 5.41) is 6.38. The first-order valence-corrected chi connectivity index (χ1v) is 10.9. The van der Waals surface area contributed by atoms with Gasteiger partial charge in [0.1, 0.15) is 10.8 Å². The Labute approximate surface area is 179 Å². The van der Waals surface area contributed by atoms with Crippen molar-refractivity contribution in [3.8, 4) is 5.75 Å². The second-order valence-corrected chi connectivity index (χ2v) is 8.56. The predicted octanol–water partition coefficient (Wildman–Crippen LogP) is 4.03. The minimum Gasteiger partial charge on any atom is -0.491 e. The van der Waals surface area contributed by atoms with Crippen LogP contribution in [0, 0.1) is 0 Å². The summed E-state index contributed by atoms with van der Waals surface area (Å²) in [6, 6.07) is 6.90. The average molecular weight is 432 g/mol. The number of aryl methyl sites for hydroxylation is 1. The highest BCUT2D eigenvalue weighted by Crippen LogP contribution is 2.37. The molecule has 1 aromatic heterocycles. The Kier molecular flexibility index (Phi) is 6.87. The van der Waals surface area contributed by atoms with Crippen molar-refractivity contribution >= 4 is 45.5 Å². The van der Waals surface area contributed by atoms with Gasteiger partial charge in [-0.3, -0.25) is 14.9 Å². The van der Waals surface area contributed by atoms with Crippen molar-refractivity contribution < 1.29 is 14.3 Å². The molecule has 6 nitrogen and oxygen atoms in total. The minimum absolute atomic E-state index is 0.113. The molecule has 1 aromatic carbocycles. The van der Waals surface area contributed by atoms with Crippen molar-refractivity contribution in [1.29, 1.82) is 0 Å². The van der Waals surface area contributed by atoms with Crippen LogP contribution in [-0.4, -0.2) is 23.0 Å². The summed E-state index contributed by atoms with van der Waals surface area (Å²) in [6.07, 6.45) is 4.94. The normalized spacial score (nSPS) is 13.9. The largest absolute Gasteiger partial charge is 0.491 e. The summed E-state index contributed by atoms with van der Waals surface area (Å²) in [7, 11) is 0. The molecule has 1 heterocycles. The molecule has 0 bridgehead atoms. The molecule has 0 unspecified atom stereocenters. The summed E-state index contributed by atoms with van der Waals surface area (Å²) in [4.78, 5) is 25.6. The molecule has 0 fully saturated rings. The molecule has 2 aromatic rings. The van der Waals surface area contributed by atoms with Gasteiger partial charge in [-0.2, -0.15) is 0 Å². The Morgan fingerprint density at radius 2 is 1.93 bits per heavy atom. The van der Waals surface area contributed by atoms with Crippen LogP contribution in [0.2, 0.25) is 0 Å². The van der Waals surface area contributed by atoms with Crippen molar-refractivity contribution in [2.24, 2.45) is 5.73 Å². The van der Waals surface area contributed by atoms with Crippen LogP contribution in [0.5, 0.6) is 5.75 Å². The van der Waals surface area contributed by atoms with E-state index in [1.165, 1.54) is 16.2 Å². The monoisotopic (exact) mass is 431 g/mol. The van der Waals surface area contributed by atoms with Crippen LogP contribution in [-0.2, 0) is 12.8 Å². The number of fused-ring (bicyclic) bond motifs is 1. The Morgan fingerprint density at radius 3 is 2.59 bits per heavy atom. The Morgan fingerprint density at radius 1 is 1.24 bits per heavy atom. The molecule has 1 aliphatic rings. The molecule has 3 rings (SSSR count). The predicted molar refractivity (Wildman–Crippen MR) is 120 cm³/mol. The maximum atomic E-state index is 12.5. The highest BCUT2D eigenvalue weighted by atomic mass is 32.1. The summed E-state index contributed by atoms with van der Waals surface area (Å²) in [6.45, 7) is 4.04. The molecule has 0 saturated carbocycles. The van der Waals surface area contributed by atoms with Crippen LogP contribution >= 0.6 is 23.6 Å². The van der Waals surface area contributed by atoms with E-state index in [0.717, 1.165) is 37.7 Å².